The molecular weight excluding hydrogens is 276 g/mol. The molecule has 0 saturated heterocycles. The molecule has 15 heavy (non-hydrogen) atoms. The number of thioether (sulfide) groups is 1. The SMILES string of the molecule is CC(=O)c1ccc(SCCCO)cc1Br. The van der Waals surface area contributed by atoms with Crippen LogP contribution in [0, 0.1) is 0 Å². The van der Waals surface area contributed by atoms with Gasteiger partial charge in [-0.3, -0.25) is 4.79 Å². The van der Waals surface area contributed by atoms with Gasteiger partial charge in [-0.1, -0.05) is 15.9 Å². The second kappa shape index (κ2) is 6.30. The number of aliphatic hydroxyl groups excluding tert-OH is 1. The first-order valence-electron chi connectivity index (χ1n) is 4.69. The molecule has 0 aliphatic heterocycles. The number of benzene rings is 1. The molecule has 1 N–H and O–H groups in total. The Balaban J connectivity index is 2.69. The second-order valence-electron chi connectivity index (χ2n) is 3.12. The van der Waals surface area contributed by atoms with E-state index < -0.39 is 0 Å². The van der Waals surface area contributed by atoms with Crippen molar-refractivity contribution in [1.29, 1.82) is 0 Å². The molecule has 0 spiro atoms. The number of carbonyl (C=O) groups is 1. The topological polar surface area (TPSA) is 37.3 Å². The summed E-state index contributed by atoms with van der Waals surface area (Å²) in [4.78, 5) is 12.3. The first-order chi connectivity index (χ1) is 7.15. The highest BCUT2D eigenvalue weighted by molar-refractivity contribution is 9.10. The standard InChI is InChI=1S/C11H13BrO2S/c1-8(14)10-4-3-9(7-11(10)12)15-6-2-5-13/h3-4,7,13H,2,5-6H2,1H3. The molecule has 1 aromatic rings. The van der Waals surface area contributed by atoms with Crippen LogP contribution in [-0.4, -0.2) is 23.2 Å². The van der Waals surface area contributed by atoms with Gasteiger partial charge >= 0.3 is 0 Å². The smallest absolute Gasteiger partial charge is 0.160 e. The number of aliphatic hydroxyl groups is 1. The minimum atomic E-state index is 0.0637. The summed E-state index contributed by atoms with van der Waals surface area (Å²) in [5, 5.41) is 8.65. The van der Waals surface area contributed by atoms with Gasteiger partial charge in [0.2, 0.25) is 0 Å². The van der Waals surface area contributed by atoms with Crippen LogP contribution in [0.4, 0.5) is 0 Å². The molecule has 0 aliphatic carbocycles. The Morgan fingerprint density at radius 1 is 1.53 bits per heavy atom. The minimum Gasteiger partial charge on any atom is -0.396 e. The van der Waals surface area contributed by atoms with E-state index in [2.05, 4.69) is 15.9 Å². The van der Waals surface area contributed by atoms with Crippen LogP contribution in [0.3, 0.4) is 0 Å². The third-order valence-corrected chi connectivity index (χ3v) is 3.63. The number of hydrogen-bond acceptors (Lipinski definition) is 3. The number of ketones is 1. The van der Waals surface area contributed by atoms with Crippen molar-refractivity contribution in [2.45, 2.75) is 18.2 Å². The maximum Gasteiger partial charge on any atom is 0.160 e. The minimum absolute atomic E-state index is 0.0637. The van der Waals surface area contributed by atoms with E-state index in [9.17, 15) is 4.79 Å². The summed E-state index contributed by atoms with van der Waals surface area (Å²) in [7, 11) is 0. The van der Waals surface area contributed by atoms with E-state index in [-0.39, 0.29) is 12.4 Å². The molecule has 1 rings (SSSR count). The van der Waals surface area contributed by atoms with E-state index >= 15 is 0 Å². The fourth-order valence-electron chi connectivity index (χ4n) is 1.13. The van der Waals surface area contributed by atoms with Crippen LogP contribution >= 0.6 is 27.7 Å². The number of Topliss-reactive ketones (excluding diaryl/α,β-unsaturated/α-hetero) is 1. The predicted octanol–water partition coefficient (Wildman–Crippen LogP) is 3.13. The van der Waals surface area contributed by atoms with E-state index in [0.29, 0.717) is 5.56 Å². The summed E-state index contributed by atoms with van der Waals surface area (Å²) in [6.45, 7) is 1.78. The molecule has 0 saturated carbocycles. The van der Waals surface area contributed by atoms with Crippen molar-refractivity contribution < 1.29 is 9.90 Å². The second-order valence-corrected chi connectivity index (χ2v) is 5.15. The molecule has 1 aromatic carbocycles. The fraction of sp³-hybridized carbons (Fsp3) is 0.364. The maximum atomic E-state index is 11.2. The van der Waals surface area contributed by atoms with Crippen molar-refractivity contribution in [3.8, 4) is 0 Å². The van der Waals surface area contributed by atoms with Crippen LogP contribution in [0.25, 0.3) is 0 Å². The quantitative estimate of drug-likeness (QED) is 0.514. The van der Waals surface area contributed by atoms with Gasteiger partial charge in [0.05, 0.1) is 0 Å². The van der Waals surface area contributed by atoms with Crippen LogP contribution in [0.15, 0.2) is 27.6 Å². The Labute approximate surface area is 102 Å². The van der Waals surface area contributed by atoms with Gasteiger partial charge in [0.15, 0.2) is 5.78 Å². The zero-order chi connectivity index (χ0) is 11.3. The Bertz CT molecular complexity index is 352. The molecule has 0 heterocycles. The highest BCUT2D eigenvalue weighted by Crippen LogP contribution is 2.25. The summed E-state index contributed by atoms with van der Waals surface area (Å²) in [5.41, 5.74) is 0.710. The van der Waals surface area contributed by atoms with Crippen LogP contribution < -0.4 is 0 Å². The van der Waals surface area contributed by atoms with E-state index in [1.165, 1.54) is 0 Å². The molecule has 4 heteroatoms. The average Bonchev–Trinajstić information content (AvgIpc) is 2.17. The largest absolute Gasteiger partial charge is 0.396 e. The highest BCUT2D eigenvalue weighted by Gasteiger charge is 2.05. The van der Waals surface area contributed by atoms with Gasteiger partial charge in [0.25, 0.3) is 0 Å². The fourth-order valence-corrected chi connectivity index (χ4v) is 2.81. The Morgan fingerprint density at radius 3 is 2.80 bits per heavy atom. The molecule has 0 aromatic heterocycles. The lowest BCUT2D eigenvalue weighted by Gasteiger charge is -2.04. The summed E-state index contributed by atoms with van der Waals surface area (Å²) in [6, 6.07) is 5.70. The lowest BCUT2D eigenvalue weighted by Crippen LogP contribution is -1.93. The Kier molecular flexibility index (Phi) is 5.36. The van der Waals surface area contributed by atoms with Gasteiger partial charge in [0, 0.05) is 27.3 Å². The number of hydrogen-bond donors (Lipinski definition) is 1. The van der Waals surface area contributed by atoms with Crippen LogP contribution in [0.1, 0.15) is 23.7 Å². The normalized spacial score (nSPS) is 10.3. The Hall–Kier alpha value is -0.320. The number of rotatable bonds is 5. The van der Waals surface area contributed by atoms with E-state index in [4.69, 9.17) is 5.11 Å². The van der Waals surface area contributed by atoms with Crippen molar-refractivity contribution in [1.82, 2.24) is 0 Å². The van der Waals surface area contributed by atoms with Gasteiger partial charge in [-0.05, 0) is 31.5 Å². The monoisotopic (exact) mass is 288 g/mol. The molecule has 0 atom stereocenters. The zero-order valence-electron chi connectivity index (χ0n) is 8.50. The molecule has 82 valence electrons. The molecule has 2 nitrogen and oxygen atoms in total. The van der Waals surface area contributed by atoms with E-state index in [0.717, 1.165) is 21.5 Å². The molecule has 0 radical (unpaired) electrons. The summed E-state index contributed by atoms with van der Waals surface area (Å²) in [5.74, 6) is 0.955. The van der Waals surface area contributed by atoms with Gasteiger partial charge in [-0.2, -0.15) is 0 Å². The van der Waals surface area contributed by atoms with Crippen LogP contribution in [-0.2, 0) is 0 Å². The molecular formula is C11H13BrO2S. The lowest BCUT2D eigenvalue weighted by atomic mass is 10.2. The highest BCUT2D eigenvalue weighted by atomic mass is 79.9. The molecule has 0 aliphatic rings. The van der Waals surface area contributed by atoms with Crippen molar-refractivity contribution in [2.24, 2.45) is 0 Å². The summed E-state index contributed by atoms with van der Waals surface area (Å²) in [6.07, 6.45) is 0.788. The number of carbonyl (C=O) groups excluding carboxylic acids is 1. The first kappa shape index (κ1) is 12.7. The zero-order valence-corrected chi connectivity index (χ0v) is 10.9. The summed E-state index contributed by atoms with van der Waals surface area (Å²) >= 11 is 5.05. The van der Waals surface area contributed by atoms with Crippen LogP contribution in [0.5, 0.6) is 0 Å². The van der Waals surface area contributed by atoms with Crippen molar-refractivity contribution in [2.75, 3.05) is 12.4 Å². The first-order valence-corrected chi connectivity index (χ1v) is 6.47. The predicted molar refractivity (Wildman–Crippen MR) is 66.6 cm³/mol. The third-order valence-electron chi connectivity index (χ3n) is 1.89. The molecule has 0 bridgehead atoms. The number of halogens is 1. The van der Waals surface area contributed by atoms with E-state index in [1.807, 2.05) is 18.2 Å². The van der Waals surface area contributed by atoms with Crippen LogP contribution in [0.2, 0.25) is 0 Å². The third kappa shape index (κ3) is 3.97. The molecule has 0 fully saturated rings. The van der Waals surface area contributed by atoms with Crippen molar-refractivity contribution in [3.63, 3.8) is 0 Å². The van der Waals surface area contributed by atoms with Gasteiger partial charge in [0.1, 0.15) is 0 Å². The van der Waals surface area contributed by atoms with Crippen molar-refractivity contribution >= 4 is 33.5 Å². The Morgan fingerprint density at radius 2 is 2.27 bits per heavy atom. The van der Waals surface area contributed by atoms with E-state index in [1.54, 1.807) is 18.7 Å². The van der Waals surface area contributed by atoms with Gasteiger partial charge < -0.3 is 5.11 Å². The lowest BCUT2D eigenvalue weighted by molar-refractivity contribution is 0.101. The maximum absolute atomic E-state index is 11.2. The molecule has 0 amide bonds. The molecule has 0 unspecified atom stereocenters. The average molecular weight is 289 g/mol. The van der Waals surface area contributed by atoms with Gasteiger partial charge in [-0.15, -0.1) is 11.8 Å². The van der Waals surface area contributed by atoms with Gasteiger partial charge in [-0.25, -0.2) is 0 Å². The summed E-state index contributed by atoms with van der Waals surface area (Å²) < 4.78 is 0.837. The van der Waals surface area contributed by atoms with Crippen molar-refractivity contribution in [3.05, 3.63) is 28.2 Å².